The predicted octanol–water partition coefficient (Wildman–Crippen LogP) is 5.07. The molecular formula is C20H28O. The Bertz CT molecular complexity index is 542. The average Bonchev–Trinajstić information content (AvgIpc) is 2.82. The number of hydrogen-bond acceptors (Lipinski definition) is 1. The molecule has 3 fully saturated rings. The highest BCUT2D eigenvalue weighted by molar-refractivity contribution is 6.05. The van der Waals surface area contributed by atoms with E-state index in [1.54, 1.807) is 0 Å². The van der Waals surface area contributed by atoms with Gasteiger partial charge in [0, 0.05) is 0 Å². The van der Waals surface area contributed by atoms with Crippen LogP contribution in [-0.4, -0.2) is 5.78 Å². The van der Waals surface area contributed by atoms with Crippen molar-refractivity contribution in [2.45, 2.75) is 65.2 Å². The molecule has 0 saturated heterocycles. The third-order valence-electron chi connectivity index (χ3n) is 7.75. The van der Waals surface area contributed by atoms with Crippen LogP contribution in [-0.2, 0) is 4.79 Å². The number of carbonyl (C=O) groups is 1. The molecule has 0 heterocycles. The Hall–Kier alpha value is -0.850. The molecule has 0 spiro atoms. The Morgan fingerprint density at radius 2 is 1.95 bits per heavy atom. The molecular weight excluding hydrogens is 256 g/mol. The fraction of sp³-hybridized carbons (Fsp3) is 0.750. The summed E-state index contributed by atoms with van der Waals surface area (Å²) in [4.78, 5) is 12.0. The summed E-state index contributed by atoms with van der Waals surface area (Å²) in [5, 5.41) is 0. The zero-order valence-corrected chi connectivity index (χ0v) is 13.6. The van der Waals surface area contributed by atoms with Gasteiger partial charge in [-0.15, -0.1) is 0 Å². The fourth-order valence-electron chi connectivity index (χ4n) is 6.59. The van der Waals surface area contributed by atoms with Crippen molar-refractivity contribution in [2.24, 2.45) is 28.6 Å². The van der Waals surface area contributed by atoms with Gasteiger partial charge in [-0.1, -0.05) is 32.4 Å². The molecule has 0 unspecified atom stereocenters. The molecule has 0 bridgehead atoms. The van der Waals surface area contributed by atoms with Crippen LogP contribution >= 0.6 is 0 Å². The number of fused-ring (bicyclic) bond motifs is 5. The van der Waals surface area contributed by atoms with Crippen LogP contribution in [0.2, 0.25) is 0 Å². The van der Waals surface area contributed by atoms with Crippen molar-refractivity contribution < 1.29 is 4.79 Å². The summed E-state index contributed by atoms with van der Waals surface area (Å²) in [6, 6.07) is 0. The molecule has 4 aliphatic carbocycles. The minimum absolute atomic E-state index is 0.197. The maximum Gasteiger partial charge on any atom is 0.181 e. The second-order valence-electron chi connectivity index (χ2n) is 8.73. The third-order valence-corrected chi connectivity index (χ3v) is 7.75. The van der Waals surface area contributed by atoms with Crippen LogP contribution in [0.1, 0.15) is 65.2 Å². The van der Waals surface area contributed by atoms with E-state index < -0.39 is 0 Å². The average molecular weight is 284 g/mol. The Morgan fingerprint density at radius 3 is 2.76 bits per heavy atom. The molecule has 1 heteroatoms. The van der Waals surface area contributed by atoms with Gasteiger partial charge in [0.05, 0.1) is 0 Å². The Balaban J connectivity index is 1.72. The molecule has 4 rings (SSSR count). The van der Waals surface area contributed by atoms with Crippen LogP contribution in [0.5, 0.6) is 0 Å². The van der Waals surface area contributed by atoms with Gasteiger partial charge >= 0.3 is 0 Å². The van der Waals surface area contributed by atoms with Crippen LogP contribution in [0, 0.1) is 28.6 Å². The molecule has 0 amide bonds. The van der Waals surface area contributed by atoms with Gasteiger partial charge in [0.1, 0.15) is 0 Å². The normalized spacial score (nSPS) is 49.2. The first-order chi connectivity index (χ1) is 9.94. The topological polar surface area (TPSA) is 17.1 Å². The number of ketones is 1. The van der Waals surface area contributed by atoms with Gasteiger partial charge in [0.2, 0.25) is 0 Å². The van der Waals surface area contributed by atoms with E-state index in [9.17, 15) is 4.79 Å². The number of rotatable bonds is 0. The highest BCUT2D eigenvalue weighted by atomic mass is 16.1. The lowest BCUT2D eigenvalue weighted by molar-refractivity contribution is -0.113. The van der Waals surface area contributed by atoms with Gasteiger partial charge in [-0.05, 0) is 85.2 Å². The highest BCUT2D eigenvalue weighted by Gasteiger charge is 2.56. The number of carbonyl (C=O) groups excluding carboxylic acids is 1. The molecule has 1 nitrogen and oxygen atoms in total. The summed E-state index contributed by atoms with van der Waals surface area (Å²) in [5.41, 5.74) is 3.15. The van der Waals surface area contributed by atoms with Gasteiger partial charge < -0.3 is 0 Å². The Labute approximate surface area is 128 Å². The van der Waals surface area contributed by atoms with Crippen LogP contribution in [0.4, 0.5) is 0 Å². The minimum Gasteiger partial charge on any atom is -0.290 e. The minimum atomic E-state index is 0.197. The van der Waals surface area contributed by atoms with Crippen LogP contribution in [0.25, 0.3) is 0 Å². The first kappa shape index (κ1) is 13.8. The van der Waals surface area contributed by atoms with E-state index in [2.05, 4.69) is 20.4 Å². The number of allylic oxidation sites excluding steroid dienone is 2. The van der Waals surface area contributed by atoms with Crippen molar-refractivity contribution in [3.8, 4) is 0 Å². The van der Waals surface area contributed by atoms with Crippen molar-refractivity contribution in [3.05, 3.63) is 23.8 Å². The van der Waals surface area contributed by atoms with Gasteiger partial charge in [-0.3, -0.25) is 4.79 Å². The van der Waals surface area contributed by atoms with Crippen molar-refractivity contribution in [3.63, 3.8) is 0 Å². The lowest BCUT2D eigenvalue weighted by Gasteiger charge is -2.57. The first-order valence-corrected chi connectivity index (χ1v) is 8.87. The van der Waals surface area contributed by atoms with Crippen LogP contribution in [0.3, 0.4) is 0 Å². The maximum absolute atomic E-state index is 12.0. The standard InChI is InChI=1S/C20H28O/c1-13-12-20(3)14(11-18(13)21)6-7-15-16-5-4-9-19(16,2)10-8-17(15)20/h11,15-17H,1,4-10,12H2,2-3H3/t15-,16-,17-,19-,20-/m0/s1. The van der Waals surface area contributed by atoms with Gasteiger partial charge in [-0.25, -0.2) is 0 Å². The molecule has 0 N–H and O–H groups in total. The van der Waals surface area contributed by atoms with Crippen LogP contribution in [0.15, 0.2) is 23.8 Å². The lowest BCUT2D eigenvalue weighted by atomic mass is 9.47. The Morgan fingerprint density at radius 1 is 1.14 bits per heavy atom. The number of hydrogen-bond donors (Lipinski definition) is 0. The Kier molecular flexibility index (Phi) is 2.85. The van der Waals surface area contributed by atoms with Crippen molar-refractivity contribution in [1.29, 1.82) is 0 Å². The van der Waals surface area contributed by atoms with Gasteiger partial charge in [0.15, 0.2) is 5.78 Å². The molecule has 0 aromatic heterocycles. The van der Waals surface area contributed by atoms with E-state index in [0.29, 0.717) is 5.41 Å². The molecule has 4 aliphatic rings. The van der Waals surface area contributed by atoms with Crippen molar-refractivity contribution >= 4 is 5.78 Å². The fourth-order valence-corrected chi connectivity index (χ4v) is 6.59. The van der Waals surface area contributed by atoms with Gasteiger partial charge in [0.25, 0.3) is 0 Å². The summed E-state index contributed by atoms with van der Waals surface area (Å²) in [6.45, 7) is 9.04. The second kappa shape index (κ2) is 4.33. The molecule has 0 radical (unpaired) electrons. The van der Waals surface area contributed by atoms with E-state index in [4.69, 9.17) is 0 Å². The van der Waals surface area contributed by atoms with Gasteiger partial charge in [-0.2, -0.15) is 0 Å². The highest BCUT2D eigenvalue weighted by Crippen LogP contribution is 2.65. The summed E-state index contributed by atoms with van der Waals surface area (Å²) in [7, 11) is 0. The summed E-state index contributed by atoms with van der Waals surface area (Å²) < 4.78 is 0. The molecule has 0 aliphatic heterocycles. The molecule has 0 aromatic rings. The maximum atomic E-state index is 12.0. The van der Waals surface area contributed by atoms with E-state index in [1.165, 1.54) is 44.1 Å². The second-order valence-corrected chi connectivity index (χ2v) is 8.73. The quantitative estimate of drug-likeness (QED) is 0.567. The molecule has 0 aromatic carbocycles. The summed E-state index contributed by atoms with van der Waals surface area (Å²) in [6.07, 6.45) is 12.5. The first-order valence-electron chi connectivity index (χ1n) is 8.87. The summed E-state index contributed by atoms with van der Waals surface area (Å²) in [5.74, 6) is 2.83. The molecule has 3 saturated carbocycles. The van der Waals surface area contributed by atoms with E-state index in [0.717, 1.165) is 36.2 Å². The third kappa shape index (κ3) is 1.79. The van der Waals surface area contributed by atoms with Crippen molar-refractivity contribution in [2.75, 3.05) is 0 Å². The van der Waals surface area contributed by atoms with E-state index in [-0.39, 0.29) is 11.2 Å². The lowest BCUT2D eigenvalue weighted by Crippen LogP contribution is -2.49. The van der Waals surface area contributed by atoms with Crippen molar-refractivity contribution in [1.82, 2.24) is 0 Å². The van der Waals surface area contributed by atoms with E-state index in [1.807, 2.05) is 6.08 Å². The molecule has 114 valence electrons. The summed E-state index contributed by atoms with van der Waals surface area (Å²) >= 11 is 0. The largest absolute Gasteiger partial charge is 0.290 e. The zero-order valence-electron chi connectivity index (χ0n) is 13.6. The van der Waals surface area contributed by atoms with Crippen LogP contribution < -0.4 is 0 Å². The smallest absolute Gasteiger partial charge is 0.181 e. The monoisotopic (exact) mass is 284 g/mol. The predicted molar refractivity (Wildman–Crippen MR) is 85.9 cm³/mol. The SMILES string of the molecule is C=C1C[C@@]2(C)C(=CC1=O)CC[C@H]1[C@@H]3CCC[C@@]3(C)CC[C@@H]12. The molecule has 21 heavy (non-hydrogen) atoms. The zero-order chi connectivity index (χ0) is 14.8. The molecule has 5 atom stereocenters. The van der Waals surface area contributed by atoms with E-state index >= 15 is 0 Å².